The molecule has 80 valence electrons. The molecule has 3 nitrogen and oxygen atoms in total. The third-order valence-electron chi connectivity index (χ3n) is 4.05. The van der Waals surface area contributed by atoms with Crippen molar-refractivity contribution in [2.45, 2.75) is 37.9 Å². The van der Waals surface area contributed by atoms with Crippen LogP contribution in [0.3, 0.4) is 0 Å². The fourth-order valence-corrected chi connectivity index (χ4v) is 3.38. The summed E-state index contributed by atoms with van der Waals surface area (Å²) < 4.78 is 11.6. The van der Waals surface area contributed by atoms with Gasteiger partial charge in [-0.3, -0.25) is 0 Å². The fraction of sp³-hybridized carbons (Fsp3) is 1.00. The lowest BCUT2D eigenvalue weighted by atomic mass is 9.71. The Morgan fingerprint density at radius 1 is 1.00 bits per heavy atom. The van der Waals surface area contributed by atoms with Crippen molar-refractivity contribution in [1.82, 2.24) is 5.32 Å². The van der Waals surface area contributed by atoms with Gasteiger partial charge in [-0.1, -0.05) is 0 Å². The van der Waals surface area contributed by atoms with Gasteiger partial charge in [0.15, 0.2) is 5.79 Å². The fourth-order valence-electron chi connectivity index (χ4n) is 3.38. The summed E-state index contributed by atoms with van der Waals surface area (Å²) in [7, 11) is 0. The van der Waals surface area contributed by atoms with Crippen LogP contribution >= 0.6 is 0 Å². The predicted octanol–water partition coefficient (Wildman–Crippen LogP) is 1.28. The zero-order valence-corrected chi connectivity index (χ0v) is 8.68. The van der Waals surface area contributed by atoms with E-state index in [1.807, 2.05) is 0 Å². The zero-order chi connectivity index (χ0) is 9.49. The molecular weight excluding hydrogens is 178 g/mol. The monoisotopic (exact) mass is 197 g/mol. The summed E-state index contributed by atoms with van der Waals surface area (Å²) in [5.41, 5.74) is 0.489. The molecule has 0 radical (unpaired) electrons. The van der Waals surface area contributed by atoms with E-state index in [0.29, 0.717) is 5.41 Å². The van der Waals surface area contributed by atoms with E-state index < -0.39 is 0 Å². The lowest BCUT2D eigenvalue weighted by Gasteiger charge is -2.42. The second kappa shape index (κ2) is 3.19. The smallest absolute Gasteiger partial charge is 0.169 e. The normalized spacial score (nSPS) is 41.1. The summed E-state index contributed by atoms with van der Waals surface area (Å²) in [6.07, 6.45) is 6.15. The molecule has 0 aromatic heterocycles. The minimum absolute atomic E-state index is 0.190. The average Bonchev–Trinajstić information content (AvgIpc) is 2.77. The van der Waals surface area contributed by atoms with Crippen LogP contribution in [-0.4, -0.2) is 32.1 Å². The Balaban J connectivity index is 1.77. The van der Waals surface area contributed by atoms with Crippen LogP contribution in [0.2, 0.25) is 0 Å². The summed E-state index contributed by atoms with van der Waals surface area (Å²) in [5, 5.41) is 3.48. The van der Waals surface area contributed by atoms with Crippen LogP contribution in [-0.2, 0) is 9.47 Å². The summed E-state index contributed by atoms with van der Waals surface area (Å²) in [5.74, 6) is -0.190. The van der Waals surface area contributed by atoms with Crippen molar-refractivity contribution in [3.05, 3.63) is 0 Å². The molecule has 2 saturated heterocycles. The van der Waals surface area contributed by atoms with Gasteiger partial charge < -0.3 is 14.8 Å². The largest absolute Gasteiger partial charge is 0.348 e. The van der Waals surface area contributed by atoms with Crippen molar-refractivity contribution in [3.63, 3.8) is 0 Å². The Morgan fingerprint density at radius 3 is 2.57 bits per heavy atom. The van der Waals surface area contributed by atoms with Crippen LogP contribution in [0.25, 0.3) is 0 Å². The highest BCUT2D eigenvalue weighted by atomic mass is 16.7. The van der Waals surface area contributed by atoms with E-state index in [1.165, 1.54) is 32.4 Å². The average molecular weight is 197 g/mol. The maximum absolute atomic E-state index is 5.82. The summed E-state index contributed by atoms with van der Waals surface area (Å²) >= 11 is 0. The van der Waals surface area contributed by atoms with Crippen molar-refractivity contribution >= 4 is 0 Å². The molecule has 14 heavy (non-hydrogen) atoms. The maximum atomic E-state index is 5.82. The van der Waals surface area contributed by atoms with Crippen LogP contribution in [0.1, 0.15) is 32.1 Å². The van der Waals surface area contributed by atoms with E-state index in [-0.39, 0.29) is 5.79 Å². The second-order valence-corrected chi connectivity index (χ2v) is 5.06. The van der Waals surface area contributed by atoms with Gasteiger partial charge in [-0.2, -0.15) is 0 Å². The summed E-state index contributed by atoms with van der Waals surface area (Å²) in [6.45, 7) is 3.94. The molecule has 2 aliphatic heterocycles. The molecule has 3 fully saturated rings. The number of ether oxygens (including phenoxy) is 2. The Hall–Kier alpha value is -0.120. The first-order valence-electron chi connectivity index (χ1n) is 5.81. The first kappa shape index (κ1) is 9.13. The molecule has 3 heteroatoms. The van der Waals surface area contributed by atoms with Crippen molar-refractivity contribution in [1.29, 1.82) is 0 Å². The van der Waals surface area contributed by atoms with E-state index >= 15 is 0 Å². The topological polar surface area (TPSA) is 30.5 Å². The second-order valence-electron chi connectivity index (χ2n) is 5.06. The van der Waals surface area contributed by atoms with Gasteiger partial charge in [0.05, 0.1) is 13.2 Å². The summed E-state index contributed by atoms with van der Waals surface area (Å²) in [6, 6.07) is 0. The zero-order valence-electron chi connectivity index (χ0n) is 8.68. The third kappa shape index (κ3) is 1.38. The van der Waals surface area contributed by atoms with Gasteiger partial charge in [0.1, 0.15) is 0 Å². The van der Waals surface area contributed by atoms with Gasteiger partial charge in [-0.15, -0.1) is 0 Å². The van der Waals surface area contributed by atoms with E-state index in [0.717, 1.165) is 26.1 Å². The van der Waals surface area contributed by atoms with Crippen molar-refractivity contribution in [3.8, 4) is 0 Å². The number of hydrogen-bond acceptors (Lipinski definition) is 3. The van der Waals surface area contributed by atoms with Gasteiger partial charge in [0, 0.05) is 19.4 Å². The maximum Gasteiger partial charge on any atom is 0.169 e. The number of nitrogens with one attached hydrogen (secondary N) is 1. The standard InChI is InChI=1S/C11H19NO2/c1-2-10(4-5-12-9-10)8-11(3-1)13-6-7-14-11/h12H,1-9H2/t10-/m0/s1. The number of rotatable bonds is 0. The minimum atomic E-state index is -0.190. The summed E-state index contributed by atoms with van der Waals surface area (Å²) in [4.78, 5) is 0. The van der Waals surface area contributed by atoms with Crippen LogP contribution < -0.4 is 5.32 Å². The Bertz CT molecular complexity index is 195. The SMILES string of the molecule is C1CC2(C[C@]3(C1)CCNC3)OCCO2. The molecule has 0 amide bonds. The van der Waals surface area contributed by atoms with E-state index in [9.17, 15) is 0 Å². The minimum Gasteiger partial charge on any atom is -0.348 e. The molecule has 0 bridgehead atoms. The van der Waals surface area contributed by atoms with Crippen LogP contribution in [0.4, 0.5) is 0 Å². The van der Waals surface area contributed by atoms with E-state index in [2.05, 4.69) is 5.32 Å². The lowest BCUT2D eigenvalue weighted by molar-refractivity contribution is -0.199. The van der Waals surface area contributed by atoms with Gasteiger partial charge in [-0.25, -0.2) is 0 Å². The van der Waals surface area contributed by atoms with Crippen molar-refractivity contribution in [2.24, 2.45) is 5.41 Å². The third-order valence-corrected chi connectivity index (χ3v) is 4.05. The first-order valence-corrected chi connectivity index (χ1v) is 5.81. The van der Waals surface area contributed by atoms with Gasteiger partial charge in [-0.05, 0) is 31.2 Å². The predicted molar refractivity (Wildman–Crippen MR) is 53.0 cm³/mol. The molecule has 3 rings (SSSR count). The van der Waals surface area contributed by atoms with Crippen LogP contribution in [0, 0.1) is 5.41 Å². The molecule has 2 spiro atoms. The lowest BCUT2D eigenvalue weighted by Crippen LogP contribution is -2.43. The van der Waals surface area contributed by atoms with Crippen LogP contribution in [0.15, 0.2) is 0 Å². The molecule has 0 aromatic rings. The van der Waals surface area contributed by atoms with Gasteiger partial charge >= 0.3 is 0 Å². The van der Waals surface area contributed by atoms with E-state index in [1.54, 1.807) is 0 Å². The van der Waals surface area contributed by atoms with Gasteiger partial charge in [0.2, 0.25) is 0 Å². The van der Waals surface area contributed by atoms with Crippen molar-refractivity contribution < 1.29 is 9.47 Å². The van der Waals surface area contributed by atoms with E-state index in [4.69, 9.17) is 9.47 Å². The van der Waals surface area contributed by atoms with Crippen molar-refractivity contribution in [2.75, 3.05) is 26.3 Å². The molecule has 3 aliphatic rings. The molecule has 0 unspecified atom stereocenters. The molecule has 2 heterocycles. The van der Waals surface area contributed by atoms with Gasteiger partial charge in [0.25, 0.3) is 0 Å². The Kier molecular flexibility index (Phi) is 2.08. The Morgan fingerprint density at radius 2 is 1.86 bits per heavy atom. The molecule has 1 aliphatic carbocycles. The highest BCUT2D eigenvalue weighted by molar-refractivity contribution is 4.97. The molecule has 1 saturated carbocycles. The first-order chi connectivity index (χ1) is 6.83. The van der Waals surface area contributed by atoms with Crippen LogP contribution in [0.5, 0.6) is 0 Å². The highest BCUT2D eigenvalue weighted by Gasteiger charge is 2.49. The molecule has 1 N–H and O–H groups in total. The molecular formula is C11H19NO2. The molecule has 1 atom stereocenters. The Labute approximate surface area is 85.1 Å². The quantitative estimate of drug-likeness (QED) is 0.634. The highest BCUT2D eigenvalue weighted by Crippen LogP contribution is 2.48. The number of hydrogen-bond donors (Lipinski definition) is 1. The molecule has 0 aromatic carbocycles.